The SMILES string of the molecule is CC(C)(C)c1ccc2[cH-]c3ccc(C(C)(C)C)cc3c2c1.CCCCC1[C-]=CC(C(C)(C)C)=C1.C[C](=[Zr+2])c1ccccc1.[Cl-].[Cl-]. The molecule has 0 nitrogen and oxygen atoms in total. The number of halogens is 2. The topological polar surface area (TPSA) is 0 Å². The molecule has 0 amide bonds. The summed E-state index contributed by atoms with van der Waals surface area (Å²) in [7, 11) is 0. The van der Waals surface area contributed by atoms with Gasteiger partial charge in [-0.1, -0.05) is 135 Å². The van der Waals surface area contributed by atoms with Crippen LogP contribution in [0.3, 0.4) is 0 Å². The van der Waals surface area contributed by atoms with Crippen LogP contribution in [0.2, 0.25) is 0 Å². The number of unbranched alkanes of at least 4 members (excludes halogenated alkanes) is 1. The molecule has 0 fully saturated rings. The van der Waals surface area contributed by atoms with Gasteiger partial charge >= 0.3 is 70.3 Å². The monoisotopic (exact) mass is 718 g/mol. The van der Waals surface area contributed by atoms with E-state index in [0.29, 0.717) is 11.3 Å². The predicted molar refractivity (Wildman–Crippen MR) is 189 cm³/mol. The van der Waals surface area contributed by atoms with E-state index in [9.17, 15) is 0 Å². The van der Waals surface area contributed by atoms with Gasteiger partial charge < -0.3 is 24.8 Å². The molecule has 0 heterocycles. The van der Waals surface area contributed by atoms with E-state index in [4.69, 9.17) is 0 Å². The van der Waals surface area contributed by atoms with Gasteiger partial charge in [0.2, 0.25) is 0 Å². The van der Waals surface area contributed by atoms with Crippen molar-refractivity contribution in [3.8, 4) is 0 Å². The van der Waals surface area contributed by atoms with E-state index >= 15 is 0 Å². The molecule has 3 heteroatoms. The van der Waals surface area contributed by atoms with E-state index in [0.717, 1.165) is 0 Å². The Hall–Kier alpha value is -1.66. The number of fused-ring (bicyclic) bond motifs is 3. The maximum atomic E-state index is 3.43. The number of hydrogen-bond acceptors (Lipinski definition) is 0. The molecular weight excluding hydrogens is 667 g/mol. The molecular formula is C42H54Cl2Zr-2. The molecule has 0 radical (unpaired) electrons. The maximum absolute atomic E-state index is 3.43. The third-order valence-electron chi connectivity index (χ3n) is 8.21. The number of allylic oxidation sites excluding steroid dienone is 4. The van der Waals surface area contributed by atoms with Crippen molar-refractivity contribution >= 4 is 24.8 Å². The van der Waals surface area contributed by atoms with Crippen LogP contribution in [0.4, 0.5) is 0 Å². The average molecular weight is 721 g/mol. The van der Waals surface area contributed by atoms with E-state index in [1.807, 2.05) is 6.07 Å². The molecule has 0 N–H and O–H groups in total. The summed E-state index contributed by atoms with van der Waals surface area (Å²) >= 11 is 1.51. The van der Waals surface area contributed by atoms with Crippen LogP contribution in [0.25, 0.3) is 21.5 Å². The van der Waals surface area contributed by atoms with Gasteiger partial charge in [0.1, 0.15) is 0 Å². The summed E-state index contributed by atoms with van der Waals surface area (Å²) in [6, 6.07) is 26.6. The first-order valence-corrected chi connectivity index (χ1v) is 17.3. The van der Waals surface area contributed by atoms with Crippen molar-refractivity contribution in [2.75, 3.05) is 0 Å². The van der Waals surface area contributed by atoms with Crippen LogP contribution in [0.5, 0.6) is 0 Å². The van der Waals surface area contributed by atoms with Crippen molar-refractivity contribution in [3.63, 3.8) is 0 Å². The standard InChI is InChI=1S/C21H25.C13H21.C8H8.2ClH.Zr/c1-20(2,3)16-9-7-14-11-15-8-10-17(21(4,5)6)13-19(15)18(14)12-16;1-5-6-7-11-8-9-12(10-11)13(2,3)4;1-2-8-6-4-3-5-7-8;;;/h7-13H,1-6H3;9-11H,5-7H2,1-4H3;3-7H,1H3;2*1H;/q2*-1;;;;+2/p-2. The molecule has 4 aromatic carbocycles. The third-order valence-corrected chi connectivity index (χ3v) is 8.92. The first-order valence-electron chi connectivity index (χ1n) is 16.1. The molecule has 242 valence electrons. The Morgan fingerprint density at radius 2 is 1.22 bits per heavy atom. The second-order valence-electron chi connectivity index (χ2n) is 15.2. The summed E-state index contributed by atoms with van der Waals surface area (Å²) in [6.07, 6.45) is 11.9. The first-order chi connectivity index (χ1) is 20.0. The third kappa shape index (κ3) is 12.1. The molecule has 0 saturated heterocycles. The average Bonchev–Trinajstić information content (AvgIpc) is 3.56. The number of benzene rings is 3. The molecule has 4 aromatic rings. The fraction of sp³-hybridized carbons (Fsp3) is 0.429. The van der Waals surface area contributed by atoms with Crippen LogP contribution < -0.4 is 24.8 Å². The molecule has 5 rings (SSSR count). The fourth-order valence-corrected chi connectivity index (χ4v) is 5.60. The molecule has 1 aliphatic carbocycles. The second kappa shape index (κ2) is 17.5. The largest absolute Gasteiger partial charge is 1.00 e. The molecule has 1 aliphatic rings. The Kier molecular flexibility index (Phi) is 16.1. The Morgan fingerprint density at radius 1 is 0.733 bits per heavy atom. The summed E-state index contributed by atoms with van der Waals surface area (Å²) in [4.78, 5) is 0. The molecule has 0 aromatic heterocycles. The van der Waals surface area contributed by atoms with Crippen LogP contribution in [-0.2, 0) is 35.1 Å². The Balaban J connectivity index is 0.000000363. The summed E-state index contributed by atoms with van der Waals surface area (Å²) in [5, 5.41) is 5.49. The first kappa shape index (κ1) is 41.4. The zero-order valence-corrected chi connectivity index (χ0v) is 33.5. The van der Waals surface area contributed by atoms with Crippen LogP contribution >= 0.6 is 0 Å². The van der Waals surface area contributed by atoms with Crippen LogP contribution in [-0.4, -0.2) is 3.21 Å². The molecule has 0 aliphatic heterocycles. The van der Waals surface area contributed by atoms with Gasteiger partial charge in [0.15, 0.2) is 0 Å². The van der Waals surface area contributed by atoms with Gasteiger partial charge in [-0.25, -0.2) is 6.08 Å². The van der Waals surface area contributed by atoms with E-state index in [-0.39, 0.29) is 35.6 Å². The van der Waals surface area contributed by atoms with Gasteiger partial charge in [0.05, 0.1) is 0 Å². The van der Waals surface area contributed by atoms with Crippen molar-refractivity contribution < 1.29 is 49.0 Å². The molecule has 0 spiro atoms. The Bertz CT molecular complexity index is 1500. The van der Waals surface area contributed by atoms with Crippen molar-refractivity contribution in [1.29, 1.82) is 0 Å². The minimum absolute atomic E-state index is 0. The van der Waals surface area contributed by atoms with Crippen LogP contribution in [0.1, 0.15) is 112 Å². The Labute approximate surface area is 302 Å². The smallest absolute Gasteiger partial charge is 1.00 e. The van der Waals surface area contributed by atoms with Crippen LogP contribution in [0.15, 0.2) is 90.5 Å². The molecule has 0 saturated carbocycles. The normalized spacial score (nSPS) is 14.4. The van der Waals surface area contributed by atoms with Crippen molar-refractivity contribution in [1.82, 2.24) is 0 Å². The maximum Gasteiger partial charge on any atom is -1.00 e. The number of hydrogen-bond donors (Lipinski definition) is 0. The van der Waals surface area contributed by atoms with Crippen molar-refractivity contribution in [2.45, 2.75) is 106 Å². The summed E-state index contributed by atoms with van der Waals surface area (Å²) in [5.74, 6) is 0.592. The summed E-state index contributed by atoms with van der Waals surface area (Å²) in [5.41, 5.74) is 6.32. The van der Waals surface area contributed by atoms with E-state index in [2.05, 4.69) is 161 Å². The predicted octanol–water partition coefficient (Wildman–Crippen LogP) is 6.23. The second-order valence-corrected chi connectivity index (χ2v) is 17.0. The van der Waals surface area contributed by atoms with Gasteiger partial charge in [0, 0.05) is 0 Å². The molecule has 1 atom stereocenters. The van der Waals surface area contributed by atoms with Gasteiger partial charge in [-0.3, -0.25) is 6.08 Å². The van der Waals surface area contributed by atoms with E-state index in [1.54, 1.807) is 0 Å². The zero-order chi connectivity index (χ0) is 32.0. The van der Waals surface area contributed by atoms with E-state index < -0.39 is 0 Å². The zero-order valence-electron chi connectivity index (χ0n) is 29.5. The number of rotatable bonds is 4. The van der Waals surface area contributed by atoms with E-state index in [1.165, 1.54) is 90.5 Å². The van der Waals surface area contributed by atoms with Gasteiger partial charge in [-0.15, -0.1) is 39.7 Å². The minimum atomic E-state index is 0. The van der Waals surface area contributed by atoms with Gasteiger partial charge in [-0.05, 0) is 10.8 Å². The fourth-order valence-electron chi connectivity index (χ4n) is 5.19. The minimum Gasteiger partial charge on any atom is -1.00 e. The Morgan fingerprint density at radius 3 is 1.58 bits per heavy atom. The molecule has 0 bridgehead atoms. The molecule has 45 heavy (non-hydrogen) atoms. The summed E-state index contributed by atoms with van der Waals surface area (Å²) in [6.45, 7) is 24.9. The van der Waals surface area contributed by atoms with Crippen molar-refractivity contribution in [2.24, 2.45) is 11.3 Å². The van der Waals surface area contributed by atoms with Crippen LogP contribution in [0, 0.1) is 17.4 Å². The quantitative estimate of drug-likeness (QED) is 0.220. The van der Waals surface area contributed by atoms with Crippen molar-refractivity contribution in [3.05, 3.63) is 113 Å². The molecule has 1 unspecified atom stereocenters. The summed E-state index contributed by atoms with van der Waals surface area (Å²) < 4.78 is 1.46. The van der Waals surface area contributed by atoms with Gasteiger partial charge in [-0.2, -0.15) is 11.6 Å². The van der Waals surface area contributed by atoms with Gasteiger partial charge in [0.25, 0.3) is 0 Å².